The van der Waals surface area contributed by atoms with E-state index in [0.717, 1.165) is 0 Å². The van der Waals surface area contributed by atoms with E-state index in [4.69, 9.17) is 0 Å². The number of aryl methyl sites for hydroxylation is 2. The average molecular weight is 889 g/mol. The molecule has 7 aliphatic rings. The zero-order valence-corrected chi connectivity index (χ0v) is 43.8. The number of nitrogens with zero attached hydrogens (tertiary/aromatic N) is 2. The molecule has 0 atom stereocenters. The third kappa shape index (κ3) is 5.84. The highest BCUT2D eigenvalue weighted by Crippen LogP contribution is 2.59. The molecule has 6 aromatic rings. The molecule has 5 aliphatic carbocycles. The number of fused-ring (bicyclic) bond motifs is 10. The summed E-state index contributed by atoms with van der Waals surface area (Å²) in [6, 6.07) is 30.9. The monoisotopic (exact) mass is 889 g/mol. The van der Waals surface area contributed by atoms with Gasteiger partial charge in [-0.2, -0.15) is 0 Å². The molecule has 0 N–H and O–H groups in total. The Kier molecular flexibility index (Phi) is 8.66. The summed E-state index contributed by atoms with van der Waals surface area (Å²) in [5, 5.41) is 1.45. The first-order chi connectivity index (χ1) is 30.8. The van der Waals surface area contributed by atoms with Crippen LogP contribution in [0.5, 0.6) is 0 Å². The first kappa shape index (κ1) is 43.0. The van der Waals surface area contributed by atoms with Gasteiger partial charge >= 0.3 is 0 Å². The van der Waals surface area contributed by atoms with Crippen LogP contribution >= 0.6 is 11.3 Å². The van der Waals surface area contributed by atoms with Crippen molar-refractivity contribution in [2.75, 3.05) is 9.80 Å². The maximum Gasteiger partial charge on any atom is 0.264 e. The fraction of sp³-hybridized carbons (Fsp3) is 0.484. The molecule has 1 fully saturated rings. The van der Waals surface area contributed by atoms with Crippen LogP contribution in [0.25, 0.3) is 10.1 Å². The molecule has 4 heteroatoms. The zero-order valence-electron chi connectivity index (χ0n) is 43.0. The molecule has 0 spiro atoms. The lowest BCUT2D eigenvalue weighted by Gasteiger charge is -2.52. The van der Waals surface area contributed by atoms with Gasteiger partial charge in [0, 0.05) is 43.3 Å². The molecule has 0 unspecified atom stereocenters. The van der Waals surface area contributed by atoms with E-state index in [1.165, 1.54) is 150 Å². The highest BCUT2D eigenvalue weighted by atomic mass is 32.1. The quantitative estimate of drug-likeness (QED) is 0.160. The van der Waals surface area contributed by atoms with Gasteiger partial charge in [0.05, 0.1) is 5.69 Å². The van der Waals surface area contributed by atoms with Crippen molar-refractivity contribution >= 4 is 78.0 Å². The molecule has 0 amide bonds. The van der Waals surface area contributed by atoms with Crippen LogP contribution in [0.4, 0.5) is 34.1 Å². The Morgan fingerprint density at radius 3 is 1.65 bits per heavy atom. The van der Waals surface area contributed by atoms with Crippen LogP contribution < -0.4 is 25.5 Å². The summed E-state index contributed by atoms with van der Waals surface area (Å²) in [4.78, 5) is 5.48. The topological polar surface area (TPSA) is 6.48 Å². The zero-order chi connectivity index (χ0) is 46.6. The summed E-state index contributed by atoms with van der Waals surface area (Å²) in [6.45, 7) is 37.0. The molecular weight excluding hydrogens is 816 g/mol. The molecule has 2 nitrogen and oxygen atoms in total. The van der Waals surface area contributed by atoms with Gasteiger partial charge in [-0.3, -0.25) is 0 Å². The van der Waals surface area contributed by atoms with E-state index in [1.807, 2.05) is 0 Å². The smallest absolute Gasteiger partial charge is 0.264 e. The van der Waals surface area contributed by atoms with Gasteiger partial charge in [-0.25, -0.2) is 0 Å². The SMILES string of the molecule is Cc1cc2c3c(c1)N(c1ccc4c(c1)C(C)(C)CCC4(C)C)c1c(sc4cc5c(cc14)C1(C)CCC5(C)CC1)B3c1cc(C(C)(C)C)ccc1N2c1cc2c(cc1C)C(C)(C)CCC2(C)C. The predicted molar refractivity (Wildman–Crippen MR) is 288 cm³/mol. The van der Waals surface area contributed by atoms with Gasteiger partial charge in [0.1, 0.15) is 0 Å². The van der Waals surface area contributed by atoms with Crippen LogP contribution in [-0.2, 0) is 37.9 Å². The van der Waals surface area contributed by atoms with Gasteiger partial charge in [0.2, 0.25) is 0 Å². The molecule has 2 aliphatic heterocycles. The molecule has 0 radical (unpaired) electrons. The molecule has 13 rings (SSSR count). The fourth-order valence-corrected chi connectivity index (χ4v) is 15.6. The van der Waals surface area contributed by atoms with E-state index < -0.39 is 0 Å². The van der Waals surface area contributed by atoms with Crippen molar-refractivity contribution in [2.45, 2.75) is 193 Å². The Bertz CT molecular complexity index is 3100. The summed E-state index contributed by atoms with van der Waals surface area (Å²) in [7, 11) is 0. The summed E-state index contributed by atoms with van der Waals surface area (Å²) in [5.41, 5.74) is 25.4. The van der Waals surface area contributed by atoms with Crippen molar-refractivity contribution in [1.82, 2.24) is 0 Å². The highest BCUT2D eigenvalue weighted by Gasteiger charge is 2.51. The van der Waals surface area contributed by atoms with E-state index >= 15 is 0 Å². The predicted octanol–water partition coefficient (Wildman–Crippen LogP) is 15.7. The Labute approximate surface area is 401 Å². The molecular formula is C62H73BN2S. The van der Waals surface area contributed by atoms with E-state index in [-0.39, 0.29) is 44.6 Å². The van der Waals surface area contributed by atoms with Crippen LogP contribution in [0.1, 0.15) is 191 Å². The van der Waals surface area contributed by atoms with Crippen LogP contribution in [0.3, 0.4) is 0 Å². The van der Waals surface area contributed by atoms with Gasteiger partial charge in [0.15, 0.2) is 0 Å². The first-order valence-corrected chi connectivity index (χ1v) is 26.5. The Morgan fingerprint density at radius 1 is 0.500 bits per heavy atom. The normalized spacial score (nSPS) is 24.6. The van der Waals surface area contributed by atoms with Gasteiger partial charge in [-0.05, 0) is 213 Å². The summed E-state index contributed by atoms with van der Waals surface area (Å²) in [5.74, 6) is 0. The lowest BCUT2D eigenvalue weighted by atomic mass is 9.36. The fourth-order valence-electron chi connectivity index (χ4n) is 14.2. The first-order valence-electron chi connectivity index (χ1n) is 25.6. The summed E-state index contributed by atoms with van der Waals surface area (Å²) >= 11 is 2.10. The number of hydrogen-bond acceptors (Lipinski definition) is 3. The molecule has 5 aromatic carbocycles. The number of hydrogen-bond donors (Lipinski definition) is 0. The Balaban J connectivity index is 1.20. The van der Waals surface area contributed by atoms with E-state index in [2.05, 4.69) is 198 Å². The molecule has 2 bridgehead atoms. The number of rotatable bonds is 2. The van der Waals surface area contributed by atoms with Crippen molar-refractivity contribution in [2.24, 2.45) is 0 Å². The average Bonchev–Trinajstić information content (AvgIpc) is 3.62. The lowest BCUT2D eigenvalue weighted by Crippen LogP contribution is -2.60. The minimum absolute atomic E-state index is 0.00418. The Hall–Kier alpha value is -4.28. The van der Waals surface area contributed by atoms with E-state index in [1.54, 1.807) is 11.1 Å². The summed E-state index contributed by atoms with van der Waals surface area (Å²) < 4.78 is 2.96. The number of thiophene rings is 1. The van der Waals surface area contributed by atoms with Gasteiger partial charge in [-0.15, -0.1) is 11.3 Å². The second-order valence-electron chi connectivity index (χ2n) is 26.6. The molecule has 340 valence electrons. The molecule has 3 heterocycles. The van der Waals surface area contributed by atoms with Crippen molar-refractivity contribution in [3.63, 3.8) is 0 Å². The van der Waals surface area contributed by atoms with Crippen LogP contribution in [0.2, 0.25) is 0 Å². The Morgan fingerprint density at radius 2 is 1.05 bits per heavy atom. The molecule has 66 heavy (non-hydrogen) atoms. The van der Waals surface area contributed by atoms with Crippen molar-refractivity contribution in [3.8, 4) is 0 Å². The van der Waals surface area contributed by atoms with Crippen molar-refractivity contribution in [1.29, 1.82) is 0 Å². The number of benzene rings is 5. The molecule has 1 aromatic heterocycles. The van der Waals surface area contributed by atoms with Crippen molar-refractivity contribution < 1.29 is 0 Å². The third-order valence-corrected chi connectivity index (χ3v) is 20.3. The van der Waals surface area contributed by atoms with Gasteiger partial charge < -0.3 is 9.80 Å². The van der Waals surface area contributed by atoms with E-state index in [9.17, 15) is 0 Å². The van der Waals surface area contributed by atoms with Crippen molar-refractivity contribution in [3.05, 3.63) is 123 Å². The summed E-state index contributed by atoms with van der Waals surface area (Å²) in [6.07, 6.45) is 10.0. The lowest BCUT2D eigenvalue weighted by molar-refractivity contribution is 0.188. The maximum absolute atomic E-state index is 2.77. The second-order valence-corrected chi connectivity index (χ2v) is 27.7. The van der Waals surface area contributed by atoms with Crippen LogP contribution in [0.15, 0.2) is 72.8 Å². The number of anilines is 6. The van der Waals surface area contributed by atoms with Crippen LogP contribution in [-0.4, -0.2) is 6.71 Å². The third-order valence-electron chi connectivity index (χ3n) is 19.1. The van der Waals surface area contributed by atoms with Crippen LogP contribution in [0, 0.1) is 13.8 Å². The van der Waals surface area contributed by atoms with Gasteiger partial charge in [-0.1, -0.05) is 114 Å². The second kappa shape index (κ2) is 13.3. The van der Waals surface area contributed by atoms with E-state index in [0.29, 0.717) is 0 Å². The molecule has 1 saturated carbocycles. The minimum Gasteiger partial charge on any atom is -0.311 e. The maximum atomic E-state index is 2.77. The standard InChI is InChI=1S/C62H73BN2S/c1-36-28-50-53-51(29-36)65(49-34-44-42(30-37(49)2)58(8,9)22-23-60(44,12)13)48-19-16-38(56(3,4)5)31-47(48)63(53)55-54(64(50)39-17-18-41-43(32-39)59(10,11)21-20-57(41,6)7)40-33-45-46(35-52(40)66-55)62(15)26-24-61(45,14)25-27-62/h16-19,28-35H,20-27H2,1-15H3. The highest BCUT2D eigenvalue weighted by molar-refractivity contribution is 7.33. The minimum atomic E-state index is 0.00418. The molecule has 0 saturated heterocycles. The van der Waals surface area contributed by atoms with Gasteiger partial charge in [0.25, 0.3) is 6.71 Å². The largest absolute Gasteiger partial charge is 0.311 e.